The molecular weight excluding hydrogens is 244 g/mol. The maximum absolute atomic E-state index is 11.1. The Hall–Kier alpha value is -2.30. The lowest BCUT2D eigenvalue weighted by Crippen LogP contribution is -2.09. The normalized spacial score (nSPS) is 17.2. The van der Waals surface area contributed by atoms with Gasteiger partial charge in [0.1, 0.15) is 24.1 Å². The number of carboxylic acid groups (broad SMARTS) is 1. The van der Waals surface area contributed by atoms with E-state index in [-0.39, 0.29) is 0 Å². The van der Waals surface area contributed by atoms with Gasteiger partial charge in [-0.1, -0.05) is 18.2 Å². The van der Waals surface area contributed by atoms with Crippen molar-refractivity contribution in [2.45, 2.75) is 25.4 Å². The number of carboxylic acids is 1. The van der Waals surface area contributed by atoms with Crippen molar-refractivity contribution in [1.82, 2.24) is 9.97 Å². The van der Waals surface area contributed by atoms with Crippen LogP contribution in [-0.4, -0.2) is 21.0 Å². The van der Waals surface area contributed by atoms with Gasteiger partial charge in [0.05, 0.1) is 5.69 Å². The number of hydrogen-bond acceptors (Lipinski definition) is 3. The summed E-state index contributed by atoms with van der Waals surface area (Å²) in [7, 11) is 0. The fourth-order valence-electron chi connectivity index (χ4n) is 2.36. The van der Waals surface area contributed by atoms with Crippen LogP contribution in [-0.2, 0) is 17.8 Å². The summed E-state index contributed by atoms with van der Waals surface area (Å²) in [5.74, 6) is 0.172. The number of para-hydroxylation sites is 1. The molecule has 1 atom stereocenters. The van der Waals surface area contributed by atoms with Crippen LogP contribution in [0.1, 0.15) is 29.6 Å². The van der Waals surface area contributed by atoms with Crippen LogP contribution < -0.4 is 4.74 Å². The van der Waals surface area contributed by atoms with Crippen LogP contribution in [0.2, 0.25) is 0 Å². The van der Waals surface area contributed by atoms with Gasteiger partial charge < -0.3 is 14.8 Å². The van der Waals surface area contributed by atoms with Crippen molar-refractivity contribution in [3.05, 3.63) is 47.5 Å². The quantitative estimate of drug-likeness (QED) is 0.880. The fourth-order valence-corrected chi connectivity index (χ4v) is 2.36. The summed E-state index contributed by atoms with van der Waals surface area (Å²) < 4.78 is 5.58. The first kappa shape index (κ1) is 11.8. The zero-order valence-corrected chi connectivity index (χ0v) is 10.3. The van der Waals surface area contributed by atoms with Crippen molar-refractivity contribution in [2.75, 3.05) is 0 Å². The molecule has 1 aromatic carbocycles. The average Bonchev–Trinajstić information content (AvgIpc) is 2.96. The zero-order chi connectivity index (χ0) is 13.2. The Balaban J connectivity index is 1.71. The van der Waals surface area contributed by atoms with E-state index in [0.29, 0.717) is 24.5 Å². The lowest BCUT2D eigenvalue weighted by atomic mass is 10.1. The van der Waals surface area contributed by atoms with E-state index in [2.05, 4.69) is 9.97 Å². The number of imidazole rings is 1. The highest BCUT2D eigenvalue weighted by Crippen LogP contribution is 2.31. The van der Waals surface area contributed by atoms with E-state index in [1.807, 2.05) is 30.3 Å². The van der Waals surface area contributed by atoms with Crippen LogP contribution in [0.5, 0.6) is 5.75 Å². The van der Waals surface area contributed by atoms with Crippen molar-refractivity contribution in [1.29, 1.82) is 0 Å². The number of aromatic nitrogens is 2. The van der Waals surface area contributed by atoms with Crippen LogP contribution >= 0.6 is 0 Å². The van der Waals surface area contributed by atoms with Crippen molar-refractivity contribution in [3.8, 4) is 5.75 Å². The van der Waals surface area contributed by atoms with Crippen LogP contribution in [0, 0.1) is 0 Å². The van der Waals surface area contributed by atoms with Gasteiger partial charge in [0.15, 0.2) is 0 Å². The fraction of sp³-hybridized carbons (Fsp3) is 0.286. The molecule has 0 fully saturated rings. The molecule has 5 nitrogen and oxygen atoms in total. The third-order valence-electron chi connectivity index (χ3n) is 3.29. The molecule has 2 aromatic rings. The van der Waals surface area contributed by atoms with E-state index in [0.717, 1.165) is 17.9 Å². The predicted molar refractivity (Wildman–Crippen MR) is 68.1 cm³/mol. The minimum absolute atomic E-state index is 0.323. The Labute approximate surface area is 110 Å². The number of aliphatic carboxylic acids is 1. The highest BCUT2D eigenvalue weighted by atomic mass is 16.5. The Bertz CT molecular complexity index is 592. The molecule has 1 heterocycles. The molecule has 0 aliphatic heterocycles. The number of ether oxygens (including phenoxy) is 1. The van der Waals surface area contributed by atoms with Gasteiger partial charge >= 0.3 is 5.97 Å². The van der Waals surface area contributed by atoms with Gasteiger partial charge in [-0.05, 0) is 25.0 Å². The molecule has 5 heteroatoms. The number of benzene rings is 1. The number of aryl methyl sites for hydroxylation is 1. The Morgan fingerprint density at radius 1 is 1.42 bits per heavy atom. The number of nitrogens with one attached hydrogen (secondary N) is 1. The van der Waals surface area contributed by atoms with Gasteiger partial charge in [0.25, 0.3) is 0 Å². The molecule has 1 unspecified atom stereocenters. The van der Waals surface area contributed by atoms with Gasteiger partial charge in [-0.2, -0.15) is 0 Å². The van der Waals surface area contributed by atoms with Crippen molar-refractivity contribution in [3.63, 3.8) is 0 Å². The van der Waals surface area contributed by atoms with E-state index in [4.69, 9.17) is 9.84 Å². The van der Waals surface area contributed by atoms with E-state index in [1.165, 1.54) is 0 Å². The molecular formula is C14H14N2O3. The molecule has 1 aromatic heterocycles. The van der Waals surface area contributed by atoms with Gasteiger partial charge in [0.2, 0.25) is 0 Å². The average molecular weight is 258 g/mol. The van der Waals surface area contributed by atoms with Crippen LogP contribution in [0.25, 0.3) is 0 Å². The topological polar surface area (TPSA) is 75.2 Å². The van der Waals surface area contributed by atoms with E-state index in [1.54, 1.807) is 0 Å². The third-order valence-corrected chi connectivity index (χ3v) is 3.29. The van der Waals surface area contributed by atoms with E-state index >= 15 is 0 Å². The minimum Gasteiger partial charge on any atom is -0.486 e. The second-order valence-electron chi connectivity index (χ2n) is 4.58. The van der Waals surface area contributed by atoms with Gasteiger partial charge in [-0.25, -0.2) is 4.98 Å². The number of nitrogens with zero attached hydrogens (tertiary/aromatic N) is 1. The highest BCUT2D eigenvalue weighted by Gasteiger charge is 2.31. The van der Waals surface area contributed by atoms with Gasteiger partial charge in [0, 0.05) is 5.69 Å². The SMILES string of the molecule is O=C(O)C1CCc2[nH]c(COc3ccccc3)nc21. The summed E-state index contributed by atoms with van der Waals surface area (Å²) >= 11 is 0. The summed E-state index contributed by atoms with van der Waals surface area (Å²) in [5, 5.41) is 9.09. The molecule has 1 aliphatic carbocycles. The maximum Gasteiger partial charge on any atom is 0.312 e. The number of rotatable bonds is 4. The molecule has 19 heavy (non-hydrogen) atoms. The van der Waals surface area contributed by atoms with Crippen molar-refractivity contribution < 1.29 is 14.6 Å². The van der Waals surface area contributed by atoms with Crippen molar-refractivity contribution >= 4 is 5.97 Å². The first-order valence-electron chi connectivity index (χ1n) is 6.22. The Kier molecular flexibility index (Phi) is 2.95. The summed E-state index contributed by atoms with van der Waals surface area (Å²) in [6, 6.07) is 9.47. The first-order valence-corrected chi connectivity index (χ1v) is 6.22. The molecule has 0 saturated heterocycles. The van der Waals surface area contributed by atoms with Crippen molar-refractivity contribution in [2.24, 2.45) is 0 Å². The summed E-state index contributed by atoms with van der Waals surface area (Å²) in [6.45, 7) is 0.323. The van der Waals surface area contributed by atoms with Crippen LogP contribution in [0.3, 0.4) is 0 Å². The van der Waals surface area contributed by atoms with Crippen LogP contribution in [0.15, 0.2) is 30.3 Å². The Morgan fingerprint density at radius 2 is 2.21 bits per heavy atom. The first-order chi connectivity index (χ1) is 9.24. The number of carbonyl (C=O) groups is 1. The van der Waals surface area contributed by atoms with Crippen LogP contribution in [0.4, 0.5) is 0 Å². The molecule has 1 aliphatic rings. The highest BCUT2D eigenvalue weighted by molar-refractivity contribution is 5.76. The lowest BCUT2D eigenvalue weighted by molar-refractivity contribution is -0.138. The molecule has 0 saturated carbocycles. The monoisotopic (exact) mass is 258 g/mol. The minimum atomic E-state index is -0.805. The number of fused-ring (bicyclic) bond motifs is 1. The lowest BCUT2D eigenvalue weighted by Gasteiger charge is -2.04. The second-order valence-corrected chi connectivity index (χ2v) is 4.58. The molecule has 0 radical (unpaired) electrons. The molecule has 0 spiro atoms. The maximum atomic E-state index is 11.1. The number of hydrogen-bond donors (Lipinski definition) is 2. The number of aromatic amines is 1. The third kappa shape index (κ3) is 2.31. The number of H-pyrrole nitrogens is 1. The molecule has 0 bridgehead atoms. The van der Waals surface area contributed by atoms with E-state index < -0.39 is 11.9 Å². The zero-order valence-electron chi connectivity index (χ0n) is 10.3. The molecule has 2 N–H and O–H groups in total. The van der Waals surface area contributed by atoms with Gasteiger partial charge in [-0.15, -0.1) is 0 Å². The molecule has 3 rings (SSSR count). The molecule has 0 amide bonds. The smallest absolute Gasteiger partial charge is 0.312 e. The van der Waals surface area contributed by atoms with Gasteiger partial charge in [-0.3, -0.25) is 4.79 Å². The second kappa shape index (κ2) is 4.76. The standard InChI is InChI=1S/C14H14N2O3/c17-14(18)10-6-7-11-13(10)16-12(15-11)8-19-9-4-2-1-3-5-9/h1-5,10H,6-8H2,(H,15,16)(H,17,18). The predicted octanol–water partition coefficient (Wildman–Crippen LogP) is 2.10. The summed E-state index contributed by atoms with van der Waals surface area (Å²) in [5.41, 5.74) is 1.60. The van der Waals surface area contributed by atoms with E-state index in [9.17, 15) is 4.79 Å². The Morgan fingerprint density at radius 3 is 2.95 bits per heavy atom. The summed E-state index contributed by atoms with van der Waals surface area (Å²) in [6.07, 6.45) is 1.37. The summed E-state index contributed by atoms with van der Waals surface area (Å²) in [4.78, 5) is 18.6. The molecule has 98 valence electrons. The largest absolute Gasteiger partial charge is 0.486 e.